The minimum atomic E-state index is 0.688. The summed E-state index contributed by atoms with van der Waals surface area (Å²) in [5, 5.41) is 4.93. The van der Waals surface area contributed by atoms with Crippen LogP contribution in [0.2, 0.25) is 0 Å². The highest BCUT2D eigenvalue weighted by Gasteiger charge is 2.18. The van der Waals surface area contributed by atoms with E-state index < -0.39 is 0 Å². The van der Waals surface area contributed by atoms with Crippen molar-refractivity contribution in [1.82, 2.24) is 19.1 Å². The second kappa shape index (κ2) is 16.4. The molecule has 0 aliphatic heterocycles. The second-order valence-electron chi connectivity index (χ2n) is 17.4. The third kappa shape index (κ3) is 6.86. The predicted molar refractivity (Wildman–Crippen MR) is 283 cm³/mol. The Morgan fingerprint density at radius 1 is 0.221 bits per heavy atom. The zero-order chi connectivity index (χ0) is 45.0. The van der Waals surface area contributed by atoms with Crippen LogP contribution in [-0.4, -0.2) is 19.1 Å². The van der Waals surface area contributed by atoms with Gasteiger partial charge in [0.15, 0.2) is 5.82 Å². The van der Waals surface area contributed by atoms with E-state index in [1.165, 1.54) is 43.7 Å². The zero-order valence-corrected chi connectivity index (χ0v) is 37.0. The maximum Gasteiger partial charge on any atom is 0.160 e. The van der Waals surface area contributed by atoms with E-state index in [0.717, 1.165) is 72.7 Å². The number of nitrogens with zero attached hydrogens (tertiary/aromatic N) is 4. The fourth-order valence-electron chi connectivity index (χ4n) is 10.0. The molecule has 318 valence electrons. The maximum atomic E-state index is 5.25. The molecular formula is C64H42N4. The van der Waals surface area contributed by atoms with Gasteiger partial charge < -0.3 is 9.13 Å². The van der Waals surface area contributed by atoms with Gasteiger partial charge in [-0.1, -0.05) is 170 Å². The van der Waals surface area contributed by atoms with Crippen molar-refractivity contribution in [2.75, 3.05) is 0 Å². The van der Waals surface area contributed by atoms with Crippen molar-refractivity contribution in [3.05, 3.63) is 255 Å². The van der Waals surface area contributed by atoms with Crippen molar-refractivity contribution in [3.63, 3.8) is 0 Å². The van der Waals surface area contributed by atoms with E-state index in [4.69, 9.17) is 9.97 Å². The molecule has 0 aliphatic rings. The van der Waals surface area contributed by atoms with Crippen molar-refractivity contribution in [2.45, 2.75) is 0 Å². The van der Waals surface area contributed by atoms with Crippen molar-refractivity contribution in [2.24, 2.45) is 0 Å². The van der Waals surface area contributed by atoms with Gasteiger partial charge >= 0.3 is 0 Å². The van der Waals surface area contributed by atoms with Crippen LogP contribution >= 0.6 is 0 Å². The molecule has 0 saturated carbocycles. The van der Waals surface area contributed by atoms with Crippen LogP contribution in [0.15, 0.2) is 255 Å². The predicted octanol–water partition coefficient (Wildman–Crippen LogP) is 16.7. The molecule has 0 bridgehead atoms. The molecule has 10 aromatic carbocycles. The lowest BCUT2D eigenvalue weighted by atomic mass is 9.94. The quantitative estimate of drug-likeness (QED) is 0.153. The molecule has 0 atom stereocenters. The molecule has 0 N–H and O–H groups in total. The van der Waals surface area contributed by atoms with Crippen LogP contribution in [-0.2, 0) is 0 Å². The molecule has 13 rings (SSSR count). The average Bonchev–Trinajstić information content (AvgIpc) is 3.94. The Bertz CT molecular complexity index is 3930. The zero-order valence-electron chi connectivity index (χ0n) is 37.0. The van der Waals surface area contributed by atoms with Gasteiger partial charge in [-0.15, -0.1) is 0 Å². The van der Waals surface area contributed by atoms with Gasteiger partial charge in [-0.25, -0.2) is 9.97 Å². The molecule has 0 saturated heterocycles. The number of benzene rings is 10. The van der Waals surface area contributed by atoms with Crippen molar-refractivity contribution < 1.29 is 0 Å². The smallest absolute Gasteiger partial charge is 0.160 e. The Hall–Kier alpha value is -9.12. The molecule has 0 aliphatic carbocycles. The summed E-state index contributed by atoms with van der Waals surface area (Å²) < 4.78 is 4.75. The third-order valence-electron chi connectivity index (χ3n) is 13.3. The first-order valence-electron chi connectivity index (χ1n) is 23.1. The topological polar surface area (TPSA) is 35.6 Å². The van der Waals surface area contributed by atoms with Crippen LogP contribution in [0.5, 0.6) is 0 Å². The van der Waals surface area contributed by atoms with Crippen molar-refractivity contribution in [1.29, 1.82) is 0 Å². The van der Waals surface area contributed by atoms with Crippen LogP contribution in [0.25, 0.3) is 122 Å². The number of rotatable bonds is 8. The Kier molecular flexibility index (Phi) is 9.47. The number of hydrogen-bond donors (Lipinski definition) is 0. The Morgan fingerprint density at radius 2 is 0.603 bits per heavy atom. The summed E-state index contributed by atoms with van der Waals surface area (Å²) in [7, 11) is 0. The van der Waals surface area contributed by atoms with E-state index in [0.29, 0.717) is 5.82 Å². The largest absolute Gasteiger partial charge is 0.309 e. The van der Waals surface area contributed by atoms with Crippen LogP contribution in [0, 0.1) is 0 Å². The second-order valence-corrected chi connectivity index (χ2v) is 17.4. The van der Waals surface area contributed by atoms with E-state index in [9.17, 15) is 0 Å². The van der Waals surface area contributed by atoms with Gasteiger partial charge in [-0.05, 0) is 118 Å². The minimum absolute atomic E-state index is 0.688. The highest BCUT2D eigenvalue weighted by molar-refractivity contribution is 6.12. The molecular weight excluding hydrogens is 825 g/mol. The Morgan fingerprint density at radius 3 is 1.12 bits per heavy atom. The van der Waals surface area contributed by atoms with E-state index in [1.807, 2.05) is 18.2 Å². The summed E-state index contributed by atoms with van der Waals surface area (Å²) in [6.45, 7) is 0. The van der Waals surface area contributed by atoms with Crippen LogP contribution in [0.1, 0.15) is 0 Å². The number of hydrogen-bond acceptors (Lipinski definition) is 2. The molecule has 0 radical (unpaired) electrons. The van der Waals surface area contributed by atoms with Gasteiger partial charge in [0.2, 0.25) is 0 Å². The average molecular weight is 867 g/mol. The van der Waals surface area contributed by atoms with Crippen LogP contribution in [0.4, 0.5) is 0 Å². The molecule has 3 aromatic heterocycles. The highest BCUT2D eigenvalue weighted by Crippen LogP contribution is 2.40. The molecule has 0 amide bonds. The number of aromatic nitrogens is 4. The Balaban J connectivity index is 0.907. The Labute approximate surface area is 394 Å². The standard InChI is InChI=1S/C64H42N4/c1-5-17-43(18-6-1)49-37-50(44-19-7-2-8-20-44)39-51(38-49)59-42-58(65-64(66-59)46-21-9-3-10-22-46)45-29-33-53(34-30-45)68-61-28-16-14-26-55(61)57-41-48(32-36-63(57)68)47-31-35-62-56(40-47)54-25-13-15-27-60(54)67(62)52-23-11-4-12-24-52/h1-42H. The summed E-state index contributed by atoms with van der Waals surface area (Å²) in [5.74, 6) is 0.688. The van der Waals surface area contributed by atoms with E-state index >= 15 is 0 Å². The molecule has 4 nitrogen and oxygen atoms in total. The summed E-state index contributed by atoms with van der Waals surface area (Å²) in [5.41, 5.74) is 18.7. The summed E-state index contributed by atoms with van der Waals surface area (Å²) in [6.07, 6.45) is 0. The first-order chi connectivity index (χ1) is 33.7. The molecule has 0 spiro atoms. The van der Waals surface area contributed by atoms with Gasteiger partial charge in [-0.2, -0.15) is 0 Å². The van der Waals surface area contributed by atoms with Gasteiger partial charge in [-0.3, -0.25) is 0 Å². The molecule has 0 fully saturated rings. The van der Waals surface area contributed by atoms with Gasteiger partial charge in [0, 0.05) is 49.6 Å². The number of fused-ring (bicyclic) bond motifs is 6. The molecule has 68 heavy (non-hydrogen) atoms. The van der Waals surface area contributed by atoms with Crippen LogP contribution in [0.3, 0.4) is 0 Å². The normalized spacial score (nSPS) is 11.5. The van der Waals surface area contributed by atoms with Crippen molar-refractivity contribution >= 4 is 43.6 Å². The van der Waals surface area contributed by atoms with E-state index in [1.54, 1.807) is 0 Å². The molecule has 0 unspecified atom stereocenters. The lowest BCUT2D eigenvalue weighted by Crippen LogP contribution is -1.97. The monoisotopic (exact) mass is 866 g/mol. The fourth-order valence-corrected chi connectivity index (χ4v) is 10.0. The summed E-state index contributed by atoms with van der Waals surface area (Å²) in [4.78, 5) is 10.5. The van der Waals surface area contributed by atoms with Gasteiger partial charge in [0.25, 0.3) is 0 Å². The summed E-state index contributed by atoms with van der Waals surface area (Å²) >= 11 is 0. The maximum absolute atomic E-state index is 5.25. The molecule has 4 heteroatoms. The fraction of sp³-hybridized carbons (Fsp3) is 0. The lowest BCUT2D eigenvalue weighted by molar-refractivity contribution is 1.17. The molecule has 13 aromatic rings. The highest BCUT2D eigenvalue weighted by atomic mass is 15.0. The van der Waals surface area contributed by atoms with Crippen LogP contribution < -0.4 is 0 Å². The first kappa shape index (κ1) is 39.3. The first-order valence-corrected chi connectivity index (χ1v) is 23.1. The third-order valence-corrected chi connectivity index (χ3v) is 13.3. The number of para-hydroxylation sites is 3. The lowest BCUT2D eigenvalue weighted by Gasteiger charge is -2.14. The minimum Gasteiger partial charge on any atom is -0.309 e. The van der Waals surface area contributed by atoms with Gasteiger partial charge in [0.05, 0.1) is 33.5 Å². The SMILES string of the molecule is c1ccc(-c2cc(-c3ccccc3)cc(-c3cc(-c4ccc(-n5c6ccccc6c6cc(-c7ccc8c(c7)c7ccccc7n8-c7ccccc7)ccc65)cc4)nc(-c4ccccc4)n3)c2)cc1. The molecule has 3 heterocycles. The summed E-state index contributed by atoms with van der Waals surface area (Å²) in [6, 6.07) is 91.1. The van der Waals surface area contributed by atoms with E-state index in [2.05, 4.69) is 246 Å². The van der Waals surface area contributed by atoms with E-state index in [-0.39, 0.29) is 0 Å². The van der Waals surface area contributed by atoms with Crippen molar-refractivity contribution in [3.8, 4) is 78.7 Å². The van der Waals surface area contributed by atoms with Gasteiger partial charge in [0.1, 0.15) is 0 Å².